The van der Waals surface area contributed by atoms with E-state index in [-0.39, 0.29) is 0 Å². The summed E-state index contributed by atoms with van der Waals surface area (Å²) in [6, 6.07) is 8.55. The SMILES string of the molecule is CCc1ccc(-c2ncnc3[nH]ccc23)cc1C. The number of H-pyrrole nitrogens is 1. The van der Waals surface area contributed by atoms with E-state index in [0.29, 0.717) is 0 Å². The average Bonchev–Trinajstić information content (AvgIpc) is 2.86. The molecule has 3 aromatic rings. The molecule has 0 atom stereocenters. The second-order valence-electron chi connectivity index (χ2n) is 4.46. The number of nitrogens with one attached hydrogen (secondary N) is 1. The Labute approximate surface area is 106 Å². The van der Waals surface area contributed by atoms with Gasteiger partial charge in [0.25, 0.3) is 0 Å². The highest BCUT2D eigenvalue weighted by Gasteiger charge is 2.08. The highest BCUT2D eigenvalue weighted by atomic mass is 14.9. The first-order valence-electron chi connectivity index (χ1n) is 6.17. The normalized spacial score (nSPS) is 11.0. The largest absolute Gasteiger partial charge is 0.346 e. The van der Waals surface area contributed by atoms with Crippen molar-refractivity contribution in [1.82, 2.24) is 15.0 Å². The van der Waals surface area contributed by atoms with E-state index in [2.05, 4.69) is 47.0 Å². The summed E-state index contributed by atoms with van der Waals surface area (Å²) in [6.45, 7) is 4.33. The van der Waals surface area contributed by atoms with Crippen LogP contribution in [0, 0.1) is 6.92 Å². The van der Waals surface area contributed by atoms with Crippen LogP contribution in [0.2, 0.25) is 0 Å². The van der Waals surface area contributed by atoms with Crippen molar-refractivity contribution in [2.45, 2.75) is 20.3 Å². The van der Waals surface area contributed by atoms with Gasteiger partial charge in [-0.15, -0.1) is 0 Å². The molecule has 0 aliphatic carbocycles. The number of hydrogen-bond acceptors (Lipinski definition) is 2. The van der Waals surface area contributed by atoms with Gasteiger partial charge in [-0.05, 0) is 36.6 Å². The minimum atomic E-state index is 0.886. The number of rotatable bonds is 2. The molecule has 1 N–H and O–H groups in total. The van der Waals surface area contributed by atoms with Crippen LogP contribution in [-0.2, 0) is 6.42 Å². The second kappa shape index (κ2) is 4.26. The Bertz CT molecular complexity index is 698. The first kappa shape index (κ1) is 11.0. The van der Waals surface area contributed by atoms with Crippen molar-refractivity contribution < 1.29 is 0 Å². The molecule has 3 rings (SSSR count). The van der Waals surface area contributed by atoms with Crippen LogP contribution in [0.4, 0.5) is 0 Å². The smallest absolute Gasteiger partial charge is 0.141 e. The predicted molar refractivity (Wildman–Crippen MR) is 73.4 cm³/mol. The molecule has 0 saturated heterocycles. The molecule has 3 nitrogen and oxygen atoms in total. The number of nitrogens with zero attached hydrogens (tertiary/aromatic N) is 2. The number of aromatic amines is 1. The maximum Gasteiger partial charge on any atom is 0.141 e. The van der Waals surface area contributed by atoms with Gasteiger partial charge in [-0.25, -0.2) is 9.97 Å². The van der Waals surface area contributed by atoms with E-state index < -0.39 is 0 Å². The van der Waals surface area contributed by atoms with Crippen LogP contribution in [-0.4, -0.2) is 15.0 Å². The molecule has 0 aliphatic rings. The van der Waals surface area contributed by atoms with Crippen molar-refractivity contribution in [2.75, 3.05) is 0 Å². The van der Waals surface area contributed by atoms with Crippen molar-refractivity contribution in [1.29, 1.82) is 0 Å². The third-order valence-corrected chi connectivity index (χ3v) is 3.35. The Kier molecular flexibility index (Phi) is 2.59. The summed E-state index contributed by atoms with van der Waals surface area (Å²) >= 11 is 0. The monoisotopic (exact) mass is 237 g/mol. The Morgan fingerprint density at radius 2 is 2.06 bits per heavy atom. The number of aromatic nitrogens is 3. The van der Waals surface area contributed by atoms with Gasteiger partial charge >= 0.3 is 0 Å². The van der Waals surface area contributed by atoms with E-state index in [1.54, 1.807) is 6.33 Å². The Morgan fingerprint density at radius 3 is 2.83 bits per heavy atom. The molecule has 18 heavy (non-hydrogen) atoms. The molecule has 1 aromatic carbocycles. The maximum absolute atomic E-state index is 4.41. The summed E-state index contributed by atoms with van der Waals surface area (Å²) in [5.41, 5.74) is 5.73. The van der Waals surface area contributed by atoms with Crippen molar-refractivity contribution in [3.63, 3.8) is 0 Å². The summed E-state index contributed by atoms with van der Waals surface area (Å²) in [4.78, 5) is 11.7. The third kappa shape index (κ3) is 1.68. The van der Waals surface area contributed by atoms with Crippen LogP contribution >= 0.6 is 0 Å². The van der Waals surface area contributed by atoms with Gasteiger partial charge in [-0.1, -0.05) is 19.1 Å². The fourth-order valence-electron chi connectivity index (χ4n) is 2.34. The van der Waals surface area contributed by atoms with E-state index in [1.165, 1.54) is 11.1 Å². The van der Waals surface area contributed by atoms with Crippen molar-refractivity contribution in [2.24, 2.45) is 0 Å². The highest BCUT2D eigenvalue weighted by Crippen LogP contribution is 2.26. The van der Waals surface area contributed by atoms with Crippen LogP contribution in [0.5, 0.6) is 0 Å². The van der Waals surface area contributed by atoms with Gasteiger partial charge < -0.3 is 4.98 Å². The Balaban J connectivity index is 2.20. The number of aryl methyl sites for hydroxylation is 2. The van der Waals surface area contributed by atoms with Crippen molar-refractivity contribution in [3.8, 4) is 11.3 Å². The zero-order chi connectivity index (χ0) is 12.5. The number of fused-ring (bicyclic) bond motifs is 1. The highest BCUT2D eigenvalue weighted by molar-refractivity contribution is 5.90. The summed E-state index contributed by atoms with van der Waals surface area (Å²) in [6.07, 6.45) is 4.57. The third-order valence-electron chi connectivity index (χ3n) is 3.35. The molecule has 90 valence electrons. The fourth-order valence-corrected chi connectivity index (χ4v) is 2.34. The molecule has 0 fully saturated rings. The molecule has 0 radical (unpaired) electrons. The van der Waals surface area contributed by atoms with E-state index in [1.807, 2.05) is 12.3 Å². The Hall–Kier alpha value is -2.16. The van der Waals surface area contributed by atoms with Crippen LogP contribution in [0.15, 0.2) is 36.8 Å². The van der Waals surface area contributed by atoms with Gasteiger partial charge in [-0.3, -0.25) is 0 Å². The molecule has 0 unspecified atom stereocenters. The average molecular weight is 237 g/mol. The summed E-state index contributed by atoms with van der Waals surface area (Å²) < 4.78 is 0. The lowest BCUT2D eigenvalue weighted by atomic mass is 10.0. The standard InChI is InChI=1S/C15H15N3/c1-3-11-4-5-12(8-10(11)2)14-13-6-7-16-15(13)18-9-17-14/h4-9H,3H2,1-2H3,(H,16,17,18). The molecular formula is C15H15N3. The maximum atomic E-state index is 4.41. The van der Waals surface area contributed by atoms with E-state index in [0.717, 1.165) is 28.7 Å². The van der Waals surface area contributed by atoms with E-state index in [4.69, 9.17) is 0 Å². The first-order valence-corrected chi connectivity index (χ1v) is 6.17. The van der Waals surface area contributed by atoms with Crippen LogP contribution in [0.25, 0.3) is 22.3 Å². The molecule has 3 heteroatoms. The fraction of sp³-hybridized carbons (Fsp3) is 0.200. The van der Waals surface area contributed by atoms with Gasteiger partial charge in [0, 0.05) is 17.1 Å². The number of benzene rings is 1. The Morgan fingerprint density at radius 1 is 1.17 bits per heavy atom. The molecule has 0 amide bonds. The van der Waals surface area contributed by atoms with Crippen LogP contribution in [0.1, 0.15) is 18.1 Å². The van der Waals surface area contributed by atoms with Gasteiger partial charge in [0.2, 0.25) is 0 Å². The molecule has 2 heterocycles. The molecule has 0 aliphatic heterocycles. The molecule has 0 bridgehead atoms. The quantitative estimate of drug-likeness (QED) is 0.741. The zero-order valence-electron chi connectivity index (χ0n) is 10.6. The van der Waals surface area contributed by atoms with E-state index >= 15 is 0 Å². The van der Waals surface area contributed by atoms with Crippen molar-refractivity contribution >= 4 is 11.0 Å². The minimum absolute atomic E-state index is 0.886. The molecular weight excluding hydrogens is 222 g/mol. The minimum Gasteiger partial charge on any atom is -0.346 e. The first-order chi connectivity index (χ1) is 8.79. The summed E-state index contributed by atoms with van der Waals surface area (Å²) in [5.74, 6) is 0. The van der Waals surface area contributed by atoms with Crippen molar-refractivity contribution in [3.05, 3.63) is 47.9 Å². The van der Waals surface area contributed by atoms with Crippen LogP contribution < -0.4 is 0 Å². The zero-order valence-corrected chi connectivity index (χ0v) is 10.6. The lowest BCUT2D eigenvalue weighted by molar-refractivity contribution is 1.11. The lowest BCUT2D eigenvalue weighted by Crippen LogP contribution is -1.91. The lowest BCUT2D eigenvalue weighted by Gasteiger charge is -2.07. The molecule has 2 aromatic heterocycles. The van der Waals surface area contributed by atoms with Gasteiger partial charge in [0.1, 0.15) is 12.0 Å². The second-order valence-corrected chi connectivity index (χ2v) is 4.46. The van der Waals surface area contributed by atoms with Gasteiger partial charge in [0.05, 0.1) is 5.69 Å². The summed E-state index contributed by atoms with van der Waals surface area (Å²) in [7, 11) is 0. The van der Waals surface area contributed by atoms with Crippen LogP contribution in [0.3, 0.4) is 0 Å². The molecule has 0 spiro atoms. The number of hydrogen-bond donors (Lipinski definition) is 1. The molecule has 0 saturated carbocycles. The topological polar surface area (TPSA) is 41.6 Å². The van der Waals surface area contributed by atoms with E-state index in [9.17, 15) is 0 Å². The predicted octanol–water partition coefficient (Wildman–Crippen LogP) is 3.50. The van der Waals surface area contributed by atoms with Gasteiger partial charge in [-0.2, -0.15) is 0 Å². The van der Waals surface area contributed by atoms with Gasteiger partial charge in [0.15, 0.2) is 0 Å². The summed E-state index contributed by atoms with van der Waals surface area (Å²) in [5, 5.41) is 1.07.